The van der Waals surface area contributed by atoms with Gasteiger partial charge in [-0.2, -0.15) is 0 Å². The summed E-state index contributed by atoms with van der Waals surface area (Å²) in [5.41, 5.74) is 1.02. The Morgan fingerprint density at radius 3 is 2.96 bits per heavy atom. The van der Waals surface area contributed by atoms with E-state index >= 15 is 0 Å². The molecule has 0 N–H and O–H groups in total. The van der Waals surface area contributed by atoms with E-state index in [1.165, 1.54) is 4.80 Å². The smallest absolute Gasteiger partial charge is 0.276 e. The average Bonchev–Trinajstić information content (AvgIpc) is 3.30. The second-order valence-electron chi connectivity index (χ2n) is 6.25. The summed E-state index contributed by atoms with van der Waals surface area (Å²) >= 11 is 6.03. The first-order valence-corrected chi connectivity index (χ1v) is 8.80. The Hall–Kier alpha value is -2.74. The third-order valence-corrected chi connectivity index (χ3v) is 4.61. The molecule has 2 aromatic heterocycles. The number of nitrogens with zero attached hydrogens (tertiary/aromatic N) is 6. The van der Waals surface area contributed by atoms with Crippen LogP contribution in [-0.2, 0) is 0 Å². The van der Waals surface area contributed by atoms with Crippen molar-refractivity contribution in [3.63, 3.8) is 0 Å². The number of likely N-dealkylation sites (tertiary alicyclic amines) is 1. The molecule has 8 nitrogen and oxygen atoms in total. The van der Waals surface area contributed by atoms with Crippen molar-refractivity contribution in [2.45, 2.75) is 32.2 Å². The van der Waals surface area contributed by atoms with E-state index in [0.29, 0.717) is 28.8 Å². The predicted molar refractivity (Wildman–Crippen MR) is 93.0 cm³/mol. The van der Waals surface area contributed by atoms with E-state index in [2.05, 4.69) is 20.6 Å². The fourth-order valence-electron chi connectivity index (χ4n) is 3.13. The summed E-state index contributed by atoms with van der Waals surface area (Å²) in [6, 6.07) is 8.62. The fourth-order valence-corrected chi connectivity index (χ4v) is 3.31. The molecule has 1 aromatic carbocycles. The van der Waals surface area contributed by atoms with Crippen LogP contribution >= 0.6 is 11.6 Å². The second-order valence-corrected chi connectivity index (χ2v) is 6.69. The molecule has 1 saturated heterocycles. The molecule has 134 valence electrons. The van der Waals surface area contributed by atoms with Crippen molar-refractivity contribution in [2.24, 2.45) is 0 Å². The van der Waals surface area contributed by atoms with Gasteiger partial charge in [0.25, 0.3) is 5.91 Å². The zero-order valence-electron chi connectivity index (χ0n) is 14.2. The van der Waals surface area contributed by atoms with Crippen LogP contribution in [0, 0.1) is 6.92 Å². The molecule has 1 fully saturated rings. The standard InChI is InChI=1S/C17H17ClN6O2/c1-11-9-14(21-26-11)17(25)23-8-3-2-7-15(23)16-19-22-24(20-16)13-6-4-5-12(18)10-13/h4-6,9-10,15H,2-3,7-8H2,1H3. The lowest BCUT2D eigenvalue weighted by atomic mass is 10.0. The Morgan fingerprint density at radius 1 is 1.31 bits per heavy atom. The minimum atomic E-state index is -0.235. The maximum Gasteiger partial charge on any atom is 0.276 e. The Morgan fingerprint density at radius 2 is 2.19 bits per heavy atom. The fraction of sp³-hybridized carbons (Fsp3) is 0.353. The number of carbonyl (C=O) groups is 1. The zero-order valence-corrected chi connectivity index (χ0v) is 14.9. The number of carbonyl (C=O) groups excluding carboxylic acids is 1. The van der Waals surface area contributed by atoms with E-state index in [-0.39, 0.29) is 11.9 Å². The Kier molecular flexibility index (Phi) is 4.42. The minimum absolute atomic E-state index is 0.175. The monoisotopic (exact) mass is 372 g/mol. The molecular formula is C17H17ClN6O2. The lowest BCUT2D eigenvalue weighted by Gasteiger charge is -2.33. The van der Waals surface area contributed by atoms with Gasteiger partial charge >= 0.3 is 0 Å². The van der Waals surface area contributed by atoms with E-state index in [9.17, 15) is 4.79 Å². The molecule has 1 unspecified atom stereocenters. The molecule has 9 heteroatoms. The maximum atomic E-state index is 12.8. The summed E-state index contributed by atoms with van der Waals surface area (Å²) in [5.74, 6) is 0.941. The van der Waals surface area contributed by atoms with Crippen molar-refractivity contribution < 1.29 is 9.32 Å². The molecule has 4 rings (SSSR count). The van der Waals surface area contributed by atoms with Gasteiger partial charge in [0.1, 0.15) is 5.76 Å². The quantitative estimate of drug-likeness (QED) is 0.702. The van der Waals surface area contributed by atoms with E-state index in [1.807, 2.05) is 12.1 Å². The number of benzene rings is 1. The molecule has 1 aliphatic rings. The highest BCUT2D eigenvalue weighted by atomic mass is 35.5. The zero-order chi connectivity index (χ0) is 18.1. The lowest BCUT2D eigenvalue weighted by molar-refractivity contribution is 0.0589. The summed E-state index contributed by atoms with van der Waals surface area (Å²) in [5, 5.41) is 17.2. The van der Waals surface area contributed by atoms with Gasteiger partial charge in [0.15, 0.2) is 11.5 Å². The highest BCUT2D eigenvalue weighted by Crippen LogP contribution is 2.30. The van der Waals surface area contributed by atoms with Crippen molar-refractivity contribution in [2.75, 3.05) is 6.54 Å². The normalized spacial score (nSPS) is 17.5. The van der Waals surface area contributed by atoms with Crippen molar-refractivity contribution in [1.82, 2.24) is 30.3 Å². The van der Waals surface area contributed by atoms with Gasteiger partial charge in [-0.1, -0.05) is 22.8 Å². The van der Waals surface area contributed by atoms with Crippen molar-refractivity contribution >= 4 is 17.5 Å². The van der Waals surface area contributed by atoms with E-state index in [1.54, 1.807) is 30.0 Å². The number of hydrogen-bond acceptors (Lipinski definition) is 6. The van der Waals surface area contributed by atoms with Gasteiger partial charge < -0.3 is 9.42 Å². The van der Waals surface area contributed by atoms with Crippen LogP contribution in [0.1, 0.15) is 47.4 Å². The van der Waals surface area contributed by atoms with Crippen molar-refractivity contribution in [1.29, 1.82) is 0 Å². The third kappa shape index (κ3) is 3.20. The number of rotatable bonds is 3. The van der Waals surface area contributed by atoms with Gasteiger partial charge in [-0.15, -0.1) is 15.0 Å². The summed E-state index contributed by atoms with van der Waals surface area (Å²) in [7, 11) is 0. The number of aryl methyl sites for hydroxylation is 1. The summed E-state index contributed by atoms with van der Waals surface area (Å²) in [4.78, 5) is 16.0. The van der Waals surface area contributed by atoms with E-state index in [4.69, 9.17) is 16.1 Å². The molecule has 0 aliphatic carbocycles. The van der Waals surface area contributed by atoms with Crippen LogP contribution in [-0.4, -0.2) is 42.7 Å². The van der Waals surface area contributed by atoms with Crippen LogP contribution in [0.2, 0.25) is 5.02 Å². The summed E-state index contributed by atoms with van der Waals surface area (Å²) in [6.07, 6.45) is 2.71. The lowest BCUT2D eigenvalue weighted by Crippen LogP contribution is -2.39. The SMILES string of the molecule is Cc1cc(C(=O)N2CCCCC2c2nnn(-c3cccc(Cl)c3)n2)no1. The van der Waals surface area contributed by atoms with Crippen LogP contribution in [0.3, 0.4) is 0 Å². The summed E-state index contributed by atoms with van der Waals surface area (Å²) < 4.78 is 5.03. The Labute approximate surface area is 154 Å². The number of halogens is 1. The van der Waals surface area contributed by atoms with E-state index < -0.39 is 0 Å². The van der Waals surface area contributed by atoms with Crippen molar-refractivity contribution in [3.05, 3.63) is 52.6 Å². The molecule has 0 radical (unpaired) electrons. The maximum absolute atomic E-state index is 12.8. The number of amides is 1. The molecule has 1 atom stereocenters. The molecule has 26 heavy (non-hydrogen) atoms. The van der Waals surface area contributed by atoms with Gasteiger partial charge in [-0.3, -0.25) is 4.79 Å². The average molecular weight is 373 g/mol. The van der Waals surface area contributed by atoms with Gasteiger partial charge in [0, 0.05) is 17.6 Å². The molecule has 3 aromatic rings. The first kappa shape index (κ1) is 16.7. The largest absolute Gasteiger partial charge is 0.361 e. The number of tetrazole rings is 1. The highest BCUT2D eigenvalue weighted by Gasteiger charge is 2.33. The van der Waals surface area contributed by atoms with Gasteiger partial charge in [-0.05, 0) is 49.6 Å². The number of piperidine rings is 1. The topological polar surface area (TPSA) is 89.9 Å². The predicted octanol–water partition coefficient (Wildman–Crippen LogP) is 2.98. The first-order chi connectivity index (χ1) is 12.6. The van der Waals surface area contributed by atoms with Gasteiger partial charge in [0.2, 0.25) is 0 Å². The van der Waals surface area contributed by atoms with Gasteiger partial charge in [-0.25, -0.2) is 0 Å². The van der Waals surface area contributed by atoms with Crippen LogP contribution in [0.4, 0.5) is 0 Å². The first-order valence-electron chi connectivity index (χ1n) is 8.42. The highest BCUT2D eigenvalue weighted by molar-refractivity contribution is 6.30. The van der Waals surface area contributed by atoms with E-state index in [0.717, 1.165) is 24.9 Å². The molecule has 0 bridgehead atoms. The van der Waals surface area contributed by atoms with Crippen LogP contribution < -0.4 is 0 Å². The van der Waals surface area contributed by atoms with Crippen LogP contribution in [0.5, 0.6) is 0 Å². The minimum Gasteiger partial charge on any atom is -0.361 e. The number of aromatic nitrogens is 5. The van der Waals surface area contributed by atoms with Crippen LogP contribution in [0.15, 0.2) is 34.9 Å². The molecule has 1 aliphatic heterocycles. The molecule has 1 amide bonds. The van der Waals surface area contributed by atoms with Gasteiger partial charge in [0.05, 0.1) is 11.7 Å². The van der Waals surface area contributed by atoms with Crippen LogP contribution in [0.25, 0.3) is 5.69 Å². The second kappa shape index (κ2) is 6.87. The van der Waals surface area contributed by atoms with Crippen molar-refractivity contribution in [3.8, 4) is 5.69 Å². The molecule has 3 heterocycles. The molecule has 0 spiro atoms. The Bertz CT molecular complexity index is 937. The third-order valence-electron chi connectivity index (χ3n) is 4.38. The summed E-state index contributed by atoms with van der Waals surface area (Å²) in [6.45, 7) is 2.39. The molecule has 0 saturated carbocycles. The number of hydrogen-bond donors (Lipinski definition) is 0. The molecular weight excluding hydrogens is 356 g/mol. The Balaban J connectivity index is 1.62.